The SMILES string of the molecule is N=C(N)/C=C\N[C@H]1CC(OC(=O)[C@@H]2CCCN2C(=O)CNC(=O)OCc2ccccc2)[C@@H](COC(=O)[C@@H]2CCCN2C(=O)CNC(=O)OCc2ccccc2)O1. The van der Waals surface area contributed by atoms with Crippen LogP contribution in [-0.4, -0.2) is 115 Å². The van der Waals surface area contributed by atoms with Gasteiger partial charge in [-0.1, -0.05) is 60.7 Å². The molecule has 6 N–H and O–H groups in total. The van der Waals surface area contributed by atoms with E-state index < -0.39 is 66.5 Å². The number of hydrogen-bond donors (Lipinski definition) is 5. The molecule has 0 radical (unpaired) electrons. The van der Waals surface area contributed by atoms with Gasteiger partial charge in [-0.05, 0) is 42.9 Å². The lowest BCUT2D eigenvalue weighted by atomic mass is 10.1. The van der Waals surface area contributed by atoms with Crippen LogP contribution < -0.4 is 21.7 Å². The lowest BCUT2D eigenvalue weighted by Gasteiger charge is -2.27. The second kappa shape index (κ2) is 20.5. The number of nitrogens with zero attached hydrogens (tertiary/aromatic N) is 2. The number of rotatable bonds is 16. The molecular formula is C38H47N7O11. The van der Waals surface area contributed by atoms with Gasteiger partial charge in [-0.15, -0.1) is 0 Å². The van der Waals surface area contributed by atoms with E-state index in [-0.39, 0.29) is 58.3 Å². The second-order valence-electron chi connectivity index (χ2n) is 13.3. The summed E-state index contributed by atoms with van der Waals surface area (Å²) in [5.74, 6) is -2.55. The Bertz CT molecular complexity index is 1730. The minimum atomic E-state index is -0.927. The number of nitrogens with one attached hydrogen (secondary N) is 4. The van der Waals surface area contributed by atoms with Crippen molar-refractivity contribution in [1.82, 2.24) is 25.8 Å². The minimum Gasteiger partial charge on any atom is -0.461 e. The van der Waals surface area contributed by atoms with Crippen LogP contribution in [0.4, 0.5) is 9.59 Å². The molecule has 18 heteroatoms. The quantitative estimate of drug-likeness (QED) is 0.0703. The van der Waals surface area contributed by atoms with Crippen LogP contribution in [0.25, 0.3) is 0 Å². The van der Waals surface area contributed by atoms with Crippen LogP contribution in [-0.2, 0) is 56.1 Å². The topological polar surface area (TPSA) is 241 Å². The van der Waals surface area contributed by atoms with Gasteiger partial charge in [-0.3, -0.25) is 15.0 Å². The highest BCUT2D eigenvalue weighted by atomic mass is 16.6. The Morgan fingerprint density at radius 2 is 1.29 bits per heavy atom. The zero-order valence-electron chi connectivity index (χ0n) is 30.8. The molecule has 2 aromatic rings. The fourth-order valence-electron chi connectivity index (χ4n) is 6.50. The van der Waals surface area contributed by atoms with Crippen molar-refractivity contribution in [3.8, 4) is 0 Å². The summed E-state index contributed by atoms with van der Waals surface area (Å²) in [7, 11) is 0. The first kappa shape index (κ1) is 41.0. The van der Waals surface area contributed by atoms with Crippen molar-refractivity contribution in [1.29, 1.82) is 5.41 Å². The number of esters is 2. The summed E-state index contributed by atoms with van der Waals surface area (Å²) in [6.07, 6.45) is 0.496. The van der Waals surface area contributed by atoms with E-state index in [0.29, 0.717) is 25.7 Å². The zero-order chi connectivity index (χ0) is 39.9. The summed E-state index contributed by atoms with van der Waals surface area (Å²) in [4.78, 5) is 79.9. The van der Waals surface area contributed by atoms with Crippen molar-refractivity contribution in [3.63, 3.8) is 0 Å². The molecule has 0 saturated carbocycles. The number of amidine groups is 1. The highest BCUT2D eigenvalue weighted by molar-refractivity contribution is 5.89. The van der Waals surface area contributed by atoms with Crippen molar-refractivity contribution >= 4 is 41.8 Å². The molecule has 5 rings (SSSR count). The number of hydrogen-bond acceptors (Lipinski definition) is 13. The van der Waals surface area contributed by atoms with Crippen molar-refractivity contribution in [2.75, 3.05) is 32.8 Å². The highest BCUT2D eigenvalue weighted by Crippen LogP contribution is 2.27. The molecular weight excluding hydrogens is 730 g/mol. The molecule has 300 valence electrons. The summed E-state index contributed by atoms with van der Waals surface area (Å²) in [6, 6.07) is 16.3. The molecule has 3 heterocycles. The molecule has 56 heavy (non-hydrogen) atoms. The largest absolute Gasteiger partial charge is 0.461 e. The fraction of sp³-hybridized carbons (Fsp3) is 0.447. The molecule has 0 aromatic heterocycles. The second-order valence-corrected chi connectivity index (χ2v) is 13.3. The number of ether oxygens (including phenoxy) is 5. The van der Waals surface area contributed by atoms with Gasteiger partial charge in [0.2, 0.25) is 11.8 Å². The van der Waals surface area contributed by atoms with E-state index in [2.05, 4.69) is 16.0 Å². The van der Waals surface area contributed by atoms with E-state index in [9.17, 15) is 28.8 Å². The Hall–Kier alpha value is -6.17. The fourth-order valence-corrected chi connectivity index (χ4v) is 6.50. The Morgan fingerprint density at radius 3 is 1.80 bits per heavy atom. The summed E-state index contributed by atoms with van der Waals surface area (Å²) >= 11 is 0. The maximum atomic E-state index is 13.5. The Kier molecular flexibility index (Phi) is 15.0. The molecule has 0 aliphatic carbocycles. The summed E-state index contributed by atoms with van der Waals surface area (Å²) in [6.45, 7) is -0.454. The third-order valence-corrected chi connectivity index (χ3v) is 9.29. The molecule has 18 nitrogen and oxygen atoms in total. The molecule has 3 aliphatic rings. The van der Waals surface area contributed by atoms with Gasteiger partial charge in [-0.2, -0.15) is 0 Å². The Morgan fingerprint density at radius 1 is 0.768 bits per heavy atom. The first-order valence-electron chi connectivity index (χ1n) is 18.3. The van der Waals surface area contributed by atoms with Gasteiger partial charge in [0.1, 0.15) is 69.3 Å². The average Bonchev–Trinajstić information content (AvgIpc) is 3.98. The number of alkyl carbamates (subject to hydrolysis) is 2. The molecule has 0 bridgehead atoms. The van der Waals surface area contributed by atoms with Gasteiger partial charge >= 0.3 is 24.1 Å². The molecule has 3 saturated heterocycles. The van der Waals surface area contributed by atoms with Crippen LogP contribution in [0, 0.1) is 5.41 Å². The monoisotopic (exact) mass is 777 g/mol. The molecule has 4 amide bonds. The van der Waals surface area contributed by atoms with E-state index in [4.69, 9.17) is 34.8 Å². The van der Waals surface area contributed by atoms with Crippen molar-refractivity contribution in [2.45, 2.75) is 75.8 Å². The third-order valence-electron chi connectivity index (χ3n) is 9.29. The van der Waals surface area contributed by atoms with Crippen LogP contribution in [0.15, 0.2) is 72.9 Å². The van der Waals surface area contributed by atoms with Crippen LogP contribution >= 0.6 is 0 Å². The predicted octanol–water partition coefficient (Wildman–Crippen LogP) is 1.43. The van der Waals surface area contributed by atoms with E-state index in [0.717, 1.165) is 11.1 Å². The smallest absolute Gasteiger partial charge is 0.407 e. The van der Waals surface area contributed by atoms with Gasteiger partial charge in [0.05, 0.1) is 0 Å². The van der Waals surface area contributed by atoms with Crippen molar-refractivity contribution in [3.05, 3.63) is 84.1 Å². The summed E-state index contributed by atoms with van der Waals surface area (Å²) in [5.41, 5.74) is 6.97. The van der Waals surface area contributed by atoms with Crippen LogP contribution in [0.3, 0.4) is 0 Å². The van der Waals surface area contributed by atoms with Gasteiger partial charge in [0, 0.05) is 25.7 Å². The molecule has 3 fully saturated rings. The lowest BCUT2D eigenvalue weighted by molar-refractivity contribution is -0.165. The Balaban J connectivity index is 1.11. The van der Waals surface area contributed by atoms with Crippen LogP contribution in [0.1, 0.15) is 43.2 Å². The van der Waals surface area contributed by atoms with E-state index >= 15 is 0 Å². The standard InChI is InChI=1S/C38H47N7O11/c39-31(40)15-16-41-32-19-29(56-36(49)28-14-8-18-45(28)34(47)21-43-38(51)54-23-26-11-5-2-6-12-26)30(55-32)24-52-35(48)27-13-7-17-44(27)33(46)20-42-37(50)53-22-25-9-3-1-4-10-25/h1-6,9-12,15-16,27-30,32,41H,7-8,13-14,17-24H2,(H3,39,40)(H,42,50)(H,43,51)/b16-15-/t27-,28-,29?,30+,32+/m0/s1. The normalized spacial score (nSPS) is 21.6. The Labute approximate surface area is 323 Å². The number of amides is 4. The van der Waals surface area contributed by atoms with E-state index in [1.54, 1.807) is 24.3 Å². The summed E-state index contributed by atoms with van der Waals surface area (Å²) in [5, 5.41) is 15.2. The minimum absolute atomic E-state index is 0.0300. The van der Waals surface area contributed by atoms with Gasteiger partial charge < -0.3 is 55.2 Å². The lowest BCUT2D eigenvalue weighted by Crippen LogP contribution is -2.48. The van der Waals surface area contributed by atoms with Crippen LogP contribution in [0.2, 0.25) is 0 Å². The van der Waals surface area contributed by atoms with E-state index in [1.165, 1.54) is 22.1 Å². The van der Waals surface area contributed by atoms with Crippen LogP contribution in [0.5, 0.6) is 0 Å². The van der Waals surface area contributed by atoms with Gasteiger partial charge in [0.15, 0.2) is 0 Å². The molecule has 1 unspecified atom stereocenters. The third kappa shape index (κ3) is 12.2. The zero-order valence-corrected chi connectivity index (χ0v) is 30.8. The maximum absolute atomic E-state index is 13.5. The number of carbonyl (C=O) groups excluding carboxylic acids is 6. The van der Waals surface area contributed by atoms with Gasteiger partial charge in [0.25, 0.3) is 0 Å². The first-order valence-corrected chi connectivity index (χ1v) is 18.3. The number of likely N-dealkylation sites (tertiary alicyclic amines) is 2. The number of carbonyl (C=O) groups is 6. The number of benzene rings is 2. The first-order chi connectivity index (χ1) is 27.1. The predicted molar refractivity (Wildman–Crippen MR) is 197 cm³/mol. The molecule has 2 aromatic carbocycles. The van der Waals surface area contributed by atoms with Crippen molar-refractivity contribution < 1.29 is 52.5 Å². The van der Waals surface area contributed by atoms with Crippen molar-refractivity contribution in [2.24, 2.45) is 5.73 Å². The molecule has 5 atom stereocenters. The highest BCUT2D eigenvalue weighted by Gasteiger charge is 2.43. The van der Waals surface area contributed by atoms with Gasteiger partial charge in [-0.25, -0.2) is 19.2 Å². The maximum Gasteiger partial charge on any atom is 0.407 e. The molecule has 3 aliphatic heterocycles. The summed E-state index contributed by atoms with van der Waals surface area (Å²) < 4.78 is 27.8. The molecule has 0 spiro atoms. The number of nitrogens with two attached hydrogens (primary N) is 1. The van der Waals surface area contributed by atoms with E-state index in [1.807, 2.05) is 36.4 Å². The average molecular weight is 778 g/mol.